The quantitative estimate of drug-likeness (QED) is 0.732. The number of hydrogen-bond acceptors (Lipinski definition) is 3. The van der Waals surface area contributed by atoms with Gasteiger partial charge in [-0.15, -0.1) is 0 Å². The van der Waals surface area contributed by atoms with E-state index < -0.39 is 11.9 Å². The second kappa shape index (κ2) is 8.42. The Morgan fingerprint density at radius 1 is 1.22 bits per heavy atom. The summed E-state index contributed by atoms with van der Waals surface area (Å²) in [5.41, 5.74) is 1.67. The third-order valence-electron chi connectivity index (χ3n) is 5.23. The standard InChI is InChI=1S/C22H25FO4/c1-14(22(24)25)8-15-4-3-5-19(11-15)27-13-16-9-17(10-16)20-12-18(26-2)6-7-21(20)23/h3-7,11-12,14,16-17H,8-10,13H2,1-2H3,(H,24,25). The number of rotatable bonds is 8. The van der Waals surface area contributed by atoms with Crippen LogP contribution in [0.25, 0.3) is 0 Å². The second-order valence-corrected chi connectivity index (χ2v) is 7.32. The van der Waals surface area contributed by atoms with Crippen LogP contribution in [0.1, 0.15) is 36.8 Å². The summed E-state index contributed by atoms with van der Waals surface area (Å²) < 4.78 is 25.1. The SMILES string of the molecule is COc1ccc(F)c(C2CC(COc3cccc(CC(C)C(=O)O)c3)C2)c1. The van der Waals surface area contributed by atoms with E-state index in [4.69, 9.17) is 14.6 Å². The van der Waals surface area contributed by atoms with Crippen molar-refractivity contribution in [3.63, 3.8) is 0 Å². The zero-order chi connectivity index (χ0) is 19.4. The fourth-order valence-electron chi connectivity index (χ4n) is 3.50. The van der Waals surface area contributed by atoms with Gasteiger partial charge in [-0.05, 0) is 72.6 Å². The lowest BCUT2D eigenvalue weighted by molar-refractivity contribution is -0.141. The van der Waals surface area contributed by atoms with Crippen molar-refractivity contribution in [3.05, 3.63) is 59.4 Å². The molecule has 0 spiro atoms. The molecule has 0 heterocycles. The summed E-state index contributed by atoms with van der Waals surface area (Å²) >= 11 is 0. The van der Waals surface area contributed by atoms with E-state index in [1.807, 2.05) is 24.3 Å². The highest BCUT2D eigenvalue weighted by molar-refractivity contribution is 5.69. The molecule has 0 radical (unpaired) electrons. The van der Waals surface area contributed by atoms with E-state index in [9.17, 15) is 9.18 Å². The number of carboxylic acids is 1. The molecule has 0 amide bonds. The molecule has 1 unspecified atom stereocenters. The molecule has 0 bridgehead atoms. The minimum Gasteiger partial charge on any atom is -0.497 e. The van der Waals surface area contributed by atoms with Crippen LogP contribution in [0.4, 0.5) is 4.39 Å². The number of halogens is 1. The van der Waals surface area contributed by atoms with Crippen LogP contribution >= 0.6 is 0 Å². The summed E-state index contributed by atoms with van der Waals surface area (Å²) in [6.07, 6.45) is 2.26. The first-order valence-electron chi connectivity index (χ1n) is 9.24. The van der Waals surface area contributed by atoms with Crippen molar-refractivity contribution in [2.45, 2.75) is 32.1 Å². The lowest BCUT2D eigenvalue weighted by atomic mass is 9.71. The maximum atomic E-state index is 14.0. The van der Waals surface area contributed by atoms with Gasteiger partial charge in [-0.2, -0.15) is 0 Å². The monoisotopic (exact) mass is 372 g/mol. The van der Waals surface area contributed by atoms with Gasteiger partial charge in [0.05, 0.1) is 19.6 Å². The second-order valence-electron chi connectivity index (χ2n) is 7.32. The van der Waals surface area contributed by atoms with Crippen LogP contribution in [-0.2, 0) is 11.2 Å². The van der Waals surface area contributed by atoms with Crippen LogP contribution < -0.4 is 9.47 Å². The van der Waals surface area contributed by atoms with Gasteiger partial charge in [0.25, 0.3) is 0 Å². The van der Waals surface area contributed by atoms with Gasteiger partial charge in [0, 0.05) is 0 Å². The first-order chi connectivity index (χ1) is 13.0. The van der Waals surface area contributed by atoms with Crippen LogP contribution in [0.15, 0.2) is 42.5 Å². The average molecular weight is 372 g/mol. The molecule has 1 fully saturated rings. The molecule has 27 heavy (non-hydrogen) atoms. The molecule has 2 aromatic carbocycles. The number of carboxylic acid groups (broad SMARTS) is 1. The molecule has 1 aliphatic rings. The minimum atomic E-state index is -0.799. The smallest absolute Gasteiger partial charge is 0.306 e. The highest BCUT2D eigenvalue weighted by atomic mass is 19.1. The lowest BCUT2D eigenvalue weighted by Gasteiger charge is -2.35. The first-order valence-corrected chi connectivity index (χ1v) is 9.24. The van der Waals surface area contributed by atoms with Gasteiger partial charge < -0.3 is 14.6 Å². The number of methoxy groups -OCH3 is 1. The van der Waals surface area contributed by atoms with Crippen LogP contribution in [0, 0.1) is 17.7 Å². The molecule has 1 saturated carbocycles. The summed E-state index contributed by atoms with van der Waals surface area (Å²) in [4.78, 5) is 11.0. The molecular weight excluding hydrogens is 347 g/mol. The Bertz CT molecular complexity index is 799. The minimum absolute atomic E-state index is 0.180. The molecule has 1 aliphatic carbocycles. The van der Waals surface area contributed by atoms with E-state index in [0.29, 0.717) is 24.7 Å². The van der Waals surface area contributed by atoms with E-state index in [-0.39, 0.29) is 11.7 Å². The van der Waals surface area contributed by atoms with E-state index in [2.05, 4.69) is 0 Å². The number of hydrogen-bond donors (Lipinski definition) is 1. The average Bonchev–Trinajstić information content (AvgIpc) is 2.62. The molecule has 3 rings (SSSR count). The molecule has 0 aromatic heterocycles. The first kappa shape index (κ1) is 19.2. The van der Waals surface area contributed by atoms with Crippen molar-refractivity contribution in [1.29, 1.82) is 0 Å². The van der Waals surface area contributed by atoms with Gasteiger partial charge in [-0.1, -0.05) is 19.1 Å². The largest absolute Gasteiger partial charge is 0.497 e. The summed E-state index contributed by atoms with van der Waals surface area (Å²) in [5, 5.41) is 9.03. The third-order valence-corrected chi connectivity index (χ3v) is 5.23. The van der Waals surface area contributed by atoms with Crippen molar-refractivity contribution in [2.75, 3.05) is 13.7 Å². The van der Waals surface area contributed by atoms with Crippen LogP contribution in [0.2, 0.25) is 0 Å². The normalized spacial score (nSPS) is 19.8. The van der Waals surface area contributed by atoms with Crippen LogP contribution in [0.5, 0.6) is 11.5 Å². The van der Waals surface area contributed by atoms with Gasteiger partial charge >= 0.3 is 5.97 Å². The zero-order valence-electron chi connectivity index (χ0n) is 15.7. The fourth-order valence-corrected chi connectivity index (χ4v) is 3.50. The number of ether oxygens (including phenoxy) is 2. The molecule has 1 N–H and O–H groups in total. The Morgan fingerprint density at radius 3 is 2.70 bits per heavy atom. The van der Waals surface area contributed by atoms with Crippen molar-refractivity contribution in [3.8, 4) is 11.5 Å². The summed E-state index contributed by atoms with van der Waals surface area (Å²) in [6, 6.07) is 12.5. The Morgan fingerprint density at radius 2 is 2.00 bits per heavy atom. The molecular formula is C22H25FO4. The zero-order valence-corrected chi connectivity index (χ0v) is 15.7. The van der Waals surface area contributed by atoms with Gasteiger partial charge in [0.1, 0.15) is 17.3 Å². The van der Waals surface area contributed by atoms with E-state index in [1.165, 1.54) is 6.07 Å². The molecule has 2 aromatic rings. The highest BCUT2D eigenvalue weighted by Crippen LogP contribution is 2.43. The maximum Gasteiger partial charge on any atom is 0.306 e. The van der Waals surface area contributed by atoms with Gasteiger partial charge in [0.2, 0.25) is 0 Å². The van der Waals surface area contributed by atoms with Gasteiger partial charge in [-0.25, -0.2) is 4.39 Å². The summed E-state index contributed by atoms with van der Waals surface area (Å²) in [6.45, 7) is 2.28. The Kier molecular flexibility index (Phi) is 5.99. The molecule has 0 saturated heterocycles. The topological polar surface area (TPSA) is 55.8 Å². The highest BCUT2D eigenvalue weighted by Gasteiger charge is 2.32. The molecule has 1 atom stereocenters. The van der Waals surface area contributed by atoms with E-state index >= 15 is 0 Å². The van der Waals surface area contributed by atoms with E-state index in [0.717, 1.165) is 29.7 Å². The predicted octanol–water partition coefficient (Wildman–Crippen LogP) is 4.67. The fraction of sp³-hybridized carbons (Fsp3) is 0.409. The summed E-state index contributed by atoms with van der Waals surface area (Å²) in [7, 11) is 1.58. The van der Waals surface area contributed by atoms with Crippen LogP contribution in [0.3, 0.4) is 0 Å². The maximum absolute atomic E-state index is 14.0. The molecule has 144 valence electrons. The van der Waals surface area contributed by atoms with Gasteiger partial charge in [0.15, 0.2) is 0 Å². The number of carbonyl (C=O) groups is 1. The van der Waals surface area contributed by atoms with Crippen molar-refractivity contribution < 1.29 is 23.8 Å². The van der Waals surface area contributed by atoms with E-state index in [1.54, 1.807) is 26.2 Å². The number of benzene rings is 2. The Balaban J connectivity index is 1.51. The van der Waals surface area contributed by atoms with Crippen molar-refractivity contribution >= 4 is 5.97 Å². The molecule has 0 aliphatic heterocycles. The summed E-state index contributed by atoms with van der Waals surface area (Å²) in [5.74, 6) is 0.621. The Hall–Kier alpha value is -2.56. The predicted molar refractivity (Wildman–Crippen MR) is 101 cm³/mol. The lowest BCUT2D eigenvalue weighted by Crippen LogP contribution is -2.27. The van der Waals surface area contributed by atoms with Crippen molar-refractivity contribution in [2.24, 2.45) is 11.8 Å². The number of aliphatic carboxylic acids is 1. The third kappa shape index (κ3) is 4.79. The molecule has 4 nitrogen and oxygen atoms in total. The van der Waals surface area contributed by atoms with Crippen LogP contribution in [-0.4, -0.2) is 24.8 Å². The Labute approximate surface area is 158 Å². The molecule has 5 heteroatoms. The van der Waals surface area contributed by atoms with Crippen molar-refractivity contribution in [1.82, 2.24) is 0 Å². The van der Waals surface area contributed by atoms with Gasteiger partial charge in [-0.3, -0.25) is 4.79 Å².